The molecule has 0 spiro atoms. The molecule has 1 atom stereocenters. The van der Waals surface area contributed by atoms with Gasteiger partial charge in [-0.25, -0.2) is 8.42 Å². The lowest BCUT2D eigenvalue weighted by atomic mass is 9.86. The van der Waals surface area contributed by atoms with Gasteiger partial charge < -0.3 is 5.32 Å². The van der Waals surface area contributed by atoms with E-state index in [1.807, 2.05) is 19.1 Å². The lowest BCUT2D eigenvalue weighted by Gasteiger charge is -2.24. The van der Waals surface area contributed by atoms with E-state index in [0.29, 0.717) is 5.69 Å². The molecule has 146 valence electrons. The third-order valence-electron chi connectivity index (χ3n) is 4.39. The molecule has 0 aliphatic carbocycles. The second-order valence-electron chi connectivity index (χ2n) is 7.77. The van der Waals surface area contributed by atoms with Crippen LogP contribution in [0.5, 0.6) is 0 Å². The summed E-state index contributed by atoms with van der Waals surface area (Å²) >= 11 is 0. The van der Waals surface area contributed by atoms with E-state index in [1.54, 1.807) is 30.3 Å². The number of carbonyl (C=O) groups excluding carboxylic acids is 1. The molecule has 0 heterocycles. The average molecular weight is 389 g/mol. The number of anilines is 1. The Kier molecular flexibility index (Phi) is 6.31. The fourth-order valence-corrected chi connectivity index (χ4v) is 3.62. The van der Waals surface area contributed by atoms with Gasteiger partial charge in [0, 0.05) is 0 Å². The Morgan fingerprint density at radius 1 is 1.04 bits per heavy atom. The molecule has 2 aromatic rings. The number of hydrogen-bond donors (Lipinski definition) is 1. The molecule has 0 radical (unpaired) electrons. The van der Waals surface area contributed by atoms with Crippen LogP contribution in [0.15, 0.2) is 54.6 Å². The summed E-state index contributed by atoms with van der Waals surface area (Å²) in [4.78, 5) is 12.5. The monoisotopic (exact) mass is 388 g/mol. The molecule has 0 aliphatic rings. The molecule has 2 aromatic carbocycles. The highest BCUT2D eigenvalue weighted by molar-refractivity contribution is 7.92. The minimum absolute atomic E-state index is 0.0662. The van der Waals surface area contributed by atoms with E-state index in [4.69, 9.17) is 0 Å². The number of nitrogens with one attached hydrogen (secondary N) is 1. The maximum Gasteiger partial charge on any atom is 0.241 e. The molecular weight excluding hydrogens is 360 g/mol. The van der Waals surface area contributed by atoms with Crippen molar-refractivity contribution in [3.8, 4) is 0 Å². The molecule has 5 nitrogen and oxygen atoms in total. The van der Waals surface area contributed by atoms with E-state index in [2.05, 4.69) is 38.2 Å². The molecule has 1 N–H and O–H groups in total. The lowest BCUT2D eigenvalue weighted by Crippen LogP contribution is -2.41. The first kappa shape index (κ1) is 21.0. The third kappa shape index (κ3) is 5.82. The van der Waals surface area contributed by atoms with Gasteiger partial charge in [-0.3, -0.25) is 9.10 Å². The van der Waals surface area contributed by atoms with Gasteiger partial charge in [-0.2, -0.15) is 0 Å². The summed E-state index contributed by atoms with van der Waals surface area (Å²) < 4.78 is 25.3. The third-order valence-corrected chi connectivity index (χ3v) is 5.53. The van der Waals surface area contributed by atoms with Gasteiger partial charge in [0.25, 0.3) is 0 Å². The first-order valence-corrected chi connectivity index (χ1v) is 10.8. The number of rotatable bonds is 6. The predicted molar refractivity (Wildman–Crippen MR) is 110 cm³/mol. The normalized spacial score (nSPS) is 13.1. The number of sulfonamides is 1. The van der Waals surface area contributed by atoms with Gasteiger partial charge in [-0.1, -0.05) is 63.2 Å². The molecule has 6 heteroatoms. The fourth-order valence-electron chi connectivity index (χ4n) is 2.77. The SMILES string of the molecule is CC(NC(=O)CN(c1ccccc1)S(C)(=O)=O)c1ccc(C(C)(C)C)cc1. The highest BCUT2D eigenvalue weighted by atomic mass is 32.2. The van der Waals surface area contributed by atoms with Crippen LogP contribution in [0, 0.1) is 0 Å². The largest absolute Gasteiger partial charge is 0.348 e. The Morgan fingerprint density at radius 2 is 1.59 bits per heavy atom. The van der Waals surface area contributed by atoms with Crippen LogP contribution in [-0.4, -0.2) is 27.1 Å². The first-order valence-electron chi connectivity index (χ1n) is 8.91. The van der Waals surface area contributed by atoms with E-state index in [-0.39, 0.29) is 23.9 Å². The topological polar surface area (TPSA) is 66.5 Å². The summed E-state index contributed by atoms with van der Waals surface area (Å²) in [5.74, 6) is -0.350. The van der Waals surface area contributed by atoms with Crippen LogP contribution >= 0.6 is 0 Å². The van der Waals surface area contributed by atoms with Crippen molar-refractivity contribution in [1.29, 1.82) is 0 Å². The number of amides is 1. The van der Waals surface area contributed by atoms with E-state index in [0.717, 1.165) is 16.1 Å². The Balaban J connectivity index is 2.09. The maximum atomic E-state index is 12.5. The molecule has 0 aromatic heterocycles. The molecule has 27 heavy (non-hydrogen) atoms. The number of nitrogens with zero attached hydrogens (tertiary/aromatic N) is 1. The van der Waals surface area contributed by atoms with Crippen LogP contribution in [0.1, 0.15) is 44.9 Å². The van der Waals surface area contributed by atoms with Gasteiger partial charge in [0.2, 0.25) is 15.9 Å². The smallest absolute Gasteiger partial charge is 0.241 e. The van der Waals surface area contributed by atoms with Gasteiger partial charge in [-0.15, -0.1) is 0 Å². The quantitative estimate of drug-likeness (QED) is 0.822. The zero-order valence-electron chi connectivity index (χ0n) is 16.6. The van der Waals surface area contributed by atoms with Gasteiger partial charge in [0.05, 0.1) is 18.0 Å². The zero-order chi connectivity index (χ0) is 20.2. The highest BCUT2D eigenvalue weighted by Gasteiger charge is 2.22. The van der Waals surface area contributed by atoms with Gasteiger partial charge >= 0.3 is 0 Å². The average Bonchev–Trinajstić information content (AvgIpc) is 2.59. The van der Waals surface area contributed by atoms with Crippen LogP contribution in [0.25, 0.3) is 0 Å². The van der Waals surface area contributed by atoms with Crippen molar-refractivity contribution < 1.29 is 13.2 Å². The van der Waals surface area contributed by atoms with E-state index in [9.17, 15) is 13.2 Å². The van der Waals surface area contributed by atoms with Crippen molar-refractivity contribution in [2.24, 2.45) is 0 Å². The Morgan fingerprint density at radius 3 is 2.07 bits per heavy atom. The number of para-hydroxylation sites is 1. The second kappa shape index (κ2) is 8.13. The molecule has 0 aliphatic heterocycles. The van der Waals surface area contributed by atoms with Gasteiger partial charge in [-0.05, 0) is 35.6 Å². The fraction of sp³-hybridized carbons (Fsp3) is 0.381. The Bertz CT molecular complexity index is 870. The summed E-state index contributed by atoms with van der Waals surface area (Å²) in [6, 6.07) is 16.5. The molecule has 0 saturated heterocycles. The van der Waals surface area contributed by atoms with E-state index in [1.165, 1.54) is 5.56 Å². The maximum absolute atomic E-state index is 12.5. The first-order chi connectivity index (χ1) is 12.5. The van der Waals surface area contributed by atoms with Crippen molar-refractivity contribution in [1.82, 2.24) is 5.32 Å². The molecule has 0 saturated carbocycles. The Hall–Kier alpha value is -2.34. The minimum Gasteiger partial charge on any atom is -0.348 e. The molecule has 0 bridgehead atoms. The van der Waals surface area contributed by atoms with E-state index < -0.39 is 10.0 Å². The van der Waals surface area contributed by atoms with Crippen LogP contribution in [0.4, 0.5) is 5.69 Å². The molecule has 0 fully saturated rings. The van der Waals surface area contributed by atoms with Crippen LogP contribution in [-0.2, 0) is 20.2 Å². The lowest BCUT2D eigenvalue weighted by molar-refractivity contribution is -0.120. The summed E-state index contributed by atoms with van der Waals surface area (Å²) in [5, 5.41) is 2.88. The van der Waals surface area contributed by atoms with Crippen LogP contribution < -0.4 is 9.62 Å². The summed E-state index contributed by atoms with van der Waals surface area (Å²) in [6.45, 7) is 8.08. The summed E-state index contributed by atoms with van der Waals surface area (Å²) in [6.07, 6.45) is 1.10. The van der Waals surface area contributed by atoms with Crippen LogP contribution in [0.3, 0.4) is 0 Å². The highest BCUT2D eigenvalue weighted by Crippen LogP contribution is 2.24. The van der Waals surface area contributed by atoms with Crippen molar-refractivity contribution in [3.63, 3.8) is 0 Å². The molecule has 1 amide bonds. The summed E-state index contributed by atoms with van der Waals surface area (Å²) in [5.41, 5.74) is 2.73. The molecule has 1 unspecified atom stereocenters. The van der Waals surface area contributed by atoms with Crippen LogP contribution in [0.2, 0.25) is 0 Å². The van der Waals surface area contributed by atoms with Gasteiger partial charge in [0.15, 0.2) is 0 Å². The predicted octanol–water partition coefficient (Wildman–Crippen LogP) is 3.63. The summed E-state index contributed by atoms with van der Waals surface area (Å²) in [7, 11) is -3.56. The van der Waals surface area contributed by atoms with Gasteiger partial charge in [0.1, 0.15) is 6.54 Å². The number of benzene rings is 2. The van der Waals surface area contributed by atoms with Crippen molar-refractivity contribution in [3.05, 3.63) is 65.7 Å². The minimum atomic E-state index is -3.56. The second-order valence-corrected chi connectivity index (χ2v) is 9.67. The van der Waals surface area contributed by atoms with E-state index >= 15 is 0 Å². The standard InChI is InChI=1S/C21H28N2O3S/c1-16(17-11-13-18(14-12-17)21(2,3)4)22-20(24)15-23(27(5,25)26)19-9-7-6-8-10-19/h6-14,16H,15H2,1-5H3,(H,22,24). The van der Waals surface area contributed by atoms with Crippen molar-refractivity contribution >= 4 is 21.6 Å². The molecule has 2 rings (SSSR count). The van der Waals surface area contributed by atoms with Crippen molar-refractivity contribution in [2.45, 2.75) is 39.2 Å². The molecular formula is C21H28N2O3S. The van der Waals surface area contributed by atoms with Crippen molar-refractivity contribution in [2.75, 3.05) is 17.1 Å². The Labute approximate surface area is 162 Å². The number of hydrogen-bond acceptors (Lipinski definition) is 3. The number of carbonyl (C=O) groups is 1. The zero-order valence-corrected chi connectivity index (χ0v) is 17.4.